The first kappa shape index (κ1) is 18.5. The van der Waals surface area contributed by atoms with Crippen LogP contribution in [0.4, 0.5) is 5.69 Å². The summed E-state index contributed by atoms with van der Waals surface area (Å²) in [5.41, 5.74) is 0.841. The van der Waals surface area contributed by atoms with Gasteiger partial charge in [-0.3, -0.25) is 9.59 Å². The molecular formula is C20H24N3O2S+. The summed E-state index contributed by atoms with van der Waals surface area (Å²) >= 11 is 1.64. The SMILES string of the molecule is CC(=O)N1CC[NH+](CC(=O)Nc2ccccc2Sc2ccccc2)CC1. The molecule has 0 spiro atoms. The fourth-order valence-electron chi connectivity index (χ4n) is 3.01. The van der Waals surface area contributed by atoms with Gasteiger partial charge in [0.15, 0.2) is 6.54 Å². The zero-order valence-electron chi connectivity index (χ0n) is 14.9. The number of piperazine rings is 1. The van der Waals surface area contributed by atoms with Crippen LogP contribution in [-0.2, 0) is 9.59 Å². The van der Waals surface area contributed by atoms with E-state index in [1.165, 1.54) is 4.90 Å². The van der Waals surface area contributed by atoms with Gasteiger partial charge in [0.1, 0.15) is 0 Å². The molecule has 136 valence electrons. The molecule has 2 aromatic carbocycles. The molecule has 1 fully saturated rings. The zero-order chi connectivity index (χ0) is 18.4. The summed E-state index contributed by atoms with van der Waals surface area (Å²) < 4.78 is 0. The number of amides is 2. The van der Waals surface area contributed by atoms with Gasteiger partial charge < -0.3 is 15.1 Å². The van der Waals surface area contributed by atoms with Crippen LogP contribution in [0, 0.1) is 0 Å². The van der Waals surface area contributed by atoms with E-state index in [0.717, 1.165) is 41.7 Å². The molecule has 1 aliphatic rings. The van der Waals surface area contributed by atoms with Crippen molar-refractivity contribution in [1.29, 1.82) is 0 Å². The van der Waals surface area contributed by atoms with Crippen molar-refractivity contribution in [1.82, 2.24) is 4.90 Å². The van der Waals surface area contributed by atoms with Crippen molar-refractivity contribution in [3.05, 3.63) is 54.6 Å². The molecule has 2 N–H and O–H groups in total. The highest BCUT2D eigenvalue weighted by molar-refractivity contribution is 7.99. The molecule has 26 heavy (non-hydrogen) atoms. The standard InChI is InChI=1S/C20H23N3O2S/c1-16(24)23-13-11-22(12-14-23)15-20(25)21-18-9-5-6-10-19(18)26-17-7-3-2-4-8-17/h2-10H,11-15H2,1H3,(H,21,25)/p+1. The van der Waals surface area contributed by atoms with Gasteiger partial charge in [0.05, 0.1) is 31.9 Å². The molecule has 2 amide bonds. The molecule has 6 heteroatoms. The first-order valence-corrected chi connectivity index (χ1v) is 9.64. The van der Waals surface area contributed by atoms with Crippen molar-refractivity contribution in [2.24, 2.45) is 0 Å². The predicted molar refractivity (Wildman–Crippen MR) is 103 cm³/mol. The lowest BCUT2D eigenvalue weighted by Gasteiger charge is -2.31. The number of hydrogen-bond acceptors (Lipinski definition) is 3. The van der Waals surface area contributed by atoms with Crippen LogP contribution in [0.1, 0.15) is 6.92 Å². The maximum absolute atomic E-state index is 12.5. The maximum Gasteiger partial charge on any atom is 0.279 e. The topological polar surface area (TPSA) is 53.9 Å². The van der Waals surface area contributed by atoms with Crippen LogP contribution in [0.25, 0.3) is 0 Å². The second-order valence-corrected chi connectivity index (χ2v) is 7.51. The second kappa shape index (κ2) is 8.87. The lowest BCUT2D eigenvalue weighted by molar-refractivity contribution is -0.895. The van der Waals surface area contributed by atoms with Crippen LogP contribution in [0.3, 0.4) is 0 Å². The Kier molecular flexibility index (Phi) is 6.30. The highest BCUT2D eigenvalue weighted by Crippen LogP contribution is 2.32. The minimum Gasteiger partial charge on any atom is -0.332 e. The monoisotopic (exact) mass is 370 g/mol. The number of anilines is 1. The van der Waals surface area contributed by atoms with E-state index in [4.69, 9.17) is 0 Å². The summed E-state index contributed by atoms with van der Waals surface area (Å²) in [4.78, 5) is 29.1. The number of nitrogens with zero attached hydrogens (tertiary/aromatic N) is 1. The molecule has 0 radical (unpaired) electrons. The smallest absolute Gasteiger partial charge is 0.279 e. The summed E-state index contributed by atoms with van der Waals surface area (Å²) in [6, 6.07) is 18.0. The minimum atomic E-state index is 0.0115. The highest BCUT2D eigenvalue weighted by Gasteiger charge is 2.23. The van der Waals surface area contributed by atoms with Gasteiger partial charge in [-0.1, -0.05) is 42.1 Å². The Morgan fingerprint density at radius 2 is 1.69 bits per heavy atom. The number of para-hydroxylation sites is 1. The summed E-state index contributed by atoms with van der Waals surface area (Å²) in [5.74, 6) is 0.123. The number of carbonyl (C=O) groups excluding carboxylic acids is 2. The minimum absolute atomic E-state index is 0.0115. The molecule has 0 saturated carbocycles. The van der Waals surface area contributed by atoms with Crippen molar-refractivity contribution in [2.75, 3.05) is 38.0 Å². The molecule has 0 unspecified atom stereocenters. The number of rotatable bonds is 5. The molecule has 1 saturated heterocycles. The average molecular weight is 370 g/mol. The summed E-state index contributed by atoms with van der Waals surface area (Å²) in [7, 11) is 0. The third-order valence-electron chi connectivity index (χ3n) is 4.46. The molecule has 0 aliphatic carbocycles. The predicted octanol–water partition coefficient (Wildman–Crippen LogP) is 1.52. The van der Waals surface area contributed by atoms with Gasteiger partial charge in [-0.05, 0) is 24.3 Å². The quantitative estimate of drug-likeness (QED) is 0.839. The molecule has 0 aromatic heterocycles. The van der Waals surface area contributed by atoms with Gasteiger partial charge >= 0.3 is 0 Å². The summed E-state index contributed by atoms with van der Waals surface area (Å²) in [6.07, 6.45) is 0. The molecule has 1 aliphatic heterocycles. The van der Waals surface area contributed by atoms with Crippen LogP contribution in [-0.4, -0.2) is 49.4 Å². The van der Waals surface area contributed by atoms with Gasteiger partial charge in [0.2, 0.25) is 5.91 Å². The maximum atomic E-state index is 12.5. The largest absolute Gasteiger partial charge is 0.332 e. The van der Waals surface area contributed by atoms with E-state index in [0.29, 0.717) is 6.54 Å². The Hall–Kier alpha value is -2.31. The Bertz CT molecular complexity index is 759. The Balaban J connectivity index is 1.57. The average Bonchev–Trinajstić information content (AvgIpc) is 2.64. The third kappa shape index (κ3) is 5.09. The summed E-state index contributed by atoms with van der Waals surface area (Å²) in [6.45, 7) is 5.09. The molecular weight excluding hydrogens is 346 g/mol. The van der Waals surface area contributed by atoms with Crippen LogP contribution < -0.4 is 10.2 Å². The van der Waals surface area contributed by atoms with E-state index in [1.807, 2.05) is 47.4 Å². The lowest BCUT2D eigenvalue weighted by atomic mass is 10.3. The van der Waals surface area contributed by atoms with E-state index in [2.05, 4.69) is 17.4 Å². The van der Waals surface area contributed by atoms with Gasteiger partial charge in [-0.2, -0.15) is 0 Å². The Labute approximate surface area is 158 Å². The third-order valence-corrected chi connectivity index (χ3v) is 5.54. The number of quaternary nitrogens is 1. The van der Waals surface area contributed by atoms with Crippen LogP contribution in [0.15, 0.2) is 64.4 Å². The molecule has 3 rings (SSSR count). The van der Waals surface area contributed by atoms with Gasteiger partial charge in [-0.15, -0.1) is 0 Å². The van der Waals surface area contributed by atoms with E-state index in [9.17, 15) is 9.59 Å². The number of hydrogen-bond donors (Lipinski definition) is 2. The molecule has 5 nitrogen and oxygen atoms in total. The lowest BCUT2D eigenvalue weighted by Crippen LogP contribution is -3.15. The fraction of sp³-hybridized carbons (Fsp3) is 0.300. The van der Waals surface area contributed by atoms with Crippen LogP contribution in [0.2, 0.25) is 0 Å². The van der Waals surface area contributed by atoms with Crippen molar-refractivity contribution in [3.63, 3.8) is 0 Å². The molecule has 0 atom stereocenters. The number of carbonyl (C=O) groups is 2. The van der Waals surface area contributed by atoms with Crippen LogP contribution in [0.5, 0.6) is 0 Å². The second-order valence-electron chi connectivity index (χ2n) is 6.39. The first-order chi connectivity index (χ1) is 12.6. The number of benzene rings is 2. The van der Waals surface area contributed by atoms with Crippen molar-refractivity contribution >= 4 is 29.3 Å². The van der Waals surface area contributed by atoms with E-state index in [-0.39, 0.29) is 11.8 Å². The normalized spacial score (nSPS) is 14.9. The van der Waals surface area contributed by atoms with Gasteiger partial charge in [0, 0.05) is 16.7 Å². The van der Waals surface area contributed by atoms with Gasteiger partial charge in [0.25, 0.3) is 5.91 Å². The van der Waals surface area contributed by atoms with Crippen molar-refractivity contribution < 1.29 is 14.5 Å². The zero-order valence-corrected chi connectivity index (χ0v) is 15.7. The highest BCUT2D eigenvalue weighted by atomic mass is 32.2. The Morgan fingerprint density at radius 3 is 2.38 bits per heavy atom. The molecule has 2 aromatic rings. The van der Waals surface area contributed by atoms with Crippen molar-refractivity contribution in [3.8, 4) is 0 Å². The number of nitrogens with one attached hydrogen (secondary N) is 2. The van der Waals surface area contributed by atoms with E-state index >= 15 is 0 Å². The van der Waals surface area contributed by atoms with E-state index in [1.54, 1.807) is 18.7 Å². The fourth-order valence-corrected chi connectivity index (χ4v) is 3.93. The van der Waals surface area contributed by atoms with Crippen molar-refractivity contribution in [2.45, 2.75) is 16.7 Å². The Morgan fingerprint density at radius 1 is 1.04 bits per heavy atom. The summed E-state index contributed by atoms with van der Waals surface area (Å²) in [5, 5.41) is 3.05. The molecule has 0 bridgehead atoms. The van der Waals surface area contributed by atoms with E-state index < -0.39 is 0 Å². The molecule has 1 heterocycles. The van der Waals surface area contributed by atoms with Crippen LogP contribution >= 0.6 is 11.8 Å². The van der Waals surface area contributed by atoms with Gasteiger partial charge in [-0.25, -0.2) is 0 Å². The first-order valence-electron chi connectivity index (χ1n) is 8.82.